The molecule has 6 heteroatoms. The standard InChI is InChI=1S/C14H17N3O2S/c15-6-8-4-5-11(19-8)13(18)17-14-10(7-16)9-2-1-3-12(9)20-14/h8,11H,1-6,15H2,(H,17,18). The van der Waals surface area contributed by atoms with Crippen LogP contribution in [-0.2, 0) is 22.4 Å². The van der Waals surface area contributed by atoms with Crippen molar-refractivity contribution in [2.45, 2.75) is 44.3 Å². The van der Waals surface area contributed by atoms with Crippen LogP contribution in [0.1, 0.15) is 35.3 Å². The number of hydrogen-bond donors (Lipinski definition) is 2. The van der Waals surface area contributed by atoms with E-state index in [0.29, 0.717) is 23.5 Å². The van der Waals surface area contributed by atoms with Crippen LogP contribution in [0.3, 0.4) is 0 Å². The number of amides is 1. The van der Waals surface area contributed by atoms with Crippen molar-refractivity contribution in [3.8, 4) is 6.07 Å². The van der Waals surface area contributed by atoms with Crippen molar-refractivity contribution in [2.24, 2.45) is 5.73 Å². The van der Waals surface area contributed by atoms with Crippen molar-refractivity contribution in [1.29, 1.82) is 5.26 Å². The molecule has 2 aliphatic rings. The Hall–Kier alpha value is -1.42. The normalized spacial score (nSPS) is 24.4. The lowest BCUT2D eigenvalue weighted by Crippen LogP contribution is -2.29. The topological polar surface area (TPSA) is 88.1 Å². The zero-order chi connectivity index (χ0) is 14.1. The Morgan fingerprint density at radius 1 is 1.50 bits per heavy atom. The number of thiophene rings is 1. The summed E-state index contributed by atoms with van der Waals surface area (Å²) in [6.45, 7) is 0.445. The van der Waals surface area contributed by atoms with Crippen LogP contribution in [0.25, 0.3) is 0 Å². The summed E-state index contributed by atoms with van der Waals surface area (Å²) in [7, 11) is 0. The molecule has 1 aliphatic carbocycles. The van der Waals surface area contributed by atoms with Crippen LogP contribution < -0.4 is 11.1 Å². The number of fused-ring (bicyclic) bond motifs is 1. The summed E-state index contributed by atoms with van der Waals surface area (Å²) < 4.78 is 5.58. The molecule has 2 atom stereocenters. The van der Waals surface area contributed by atoms with E-state index in [2.05, 4.69) is 11.4 Å². The number of carbonyl (C=O) groups is 1. The number of anilines is 1. The average molecular weight is 291 g/mol. The van der Waals surface area contributed by atoms with Crippen LogP contribution in [0.15, 0.2) is 0 Å². The lowest BCUT2D eigenvalue weighted by Gasteiger charge is -2.12. The van der Waals surface area contributed by atoms with Gasteiger partial charge in [0.2, 0.25) is 0 Å². The Bertz CT molecular complexity index is 576. The maximum atomic E-state index is 12.2. The Morgan fingerprint density at radius 2 is 2.35 bits per heavy atom. The lowest BCUT2D eigenvalue weighted by atomic mass is 10.1. The van der Waals surface area contributed by atoms with Gasteiger partial charge in [0.15, 0.2) is 0 Å². The highest BCUT2D eigenvalue weighted by atomic mass is 32.1. The third-order valence-corrected chi connectivity index (χ3v) is 5.14. The average Bonchev–Trinajstić information content (AvgIpc) is 3.13. The zero-order valence-electron chi connectivity index (χ0n) is 11.1. The van der Waals surface area contributed by atoms with Gasteiger partial charge in [0.05, 0.1) is 11.7 Å². The molecule has 1 aromatic rings. The molecule has 2 unspecified atom stereocenters. The molecule has 1 aliphatic heterocycles. The second kappa shape index (κ2) is 5.52. The second-order valence-corrected chi connectivity index (χ2v) is 6.33. The van der Waals surface area contributed by atoms with E-state index in [9.17, 15) is 10.1 Å². The SMILES string of the molecule is N#Cc1c(NC(=O)C2CCC(CN)O2)sc2c1CCC2. The molecule has 1 saturated heterocycles. The molecule has 0 bridgehead atoms. The molecule has 20 heavy (non-hydrogen) atoms. The maximum Gasteiger partial charge on any atom is 0.254 e. The van der Waals surface area contributed by atoms with Crippen molar-refractivity contribution >= 4 is 22.2 Å². The predicted molar refractivity (Wildman–Crippen MR) is 76.6 cm³/mol. The van der Waals surface area contributed by atoms with E-state index in [0.717, 1.165) is 31.2 Å². The van der Waals surface area contributed by atoms with Crippen LogP contribution in [0.4, 0.5) is 5.00 Å². The number of nitriles is 1. The van der Waals surface area contributed by atoms with E-state index in [-0.39, 0.29) is 12.0 Å². The summed E-state index contributed by atoms with van der Waals surface area (Å²) in [6, 6.07) is 2.23. The first-order valence-corrected chi connectivity index (χ1v) is 7.75. The minimum atomic E-state index is -0.438. The van der Waals surface area contributed by atoms with Crippen molar-refractivity contribution < 1.29 is 9.53 Å². The molecule has 0 aromatic carbocycles. The van der Waals surface area contributed by atoms with E-state index in [1.54, 1.807) is 0 Å². The first-order valence-electron chi connectivity index (χ1n) is 6.94. The Balaban J connectivity index is 1.72. The number of hydrogen-bond acceptors (Lipinski definition) is 5. The molecule has 1 fully saturated rings. The molecule has 3 rings (SSSR count). The lowest BCUT2D eigenvalue weighted by molar-refractivity contribution is -0.126. The van der Waals surface area contributed by atoms with Gasteiger partial charge in [0, 0.05) is 11.4 Å². The minimum absolute atomic E-state index is 0.0190. The highest BCUT2D eigenvalue weighted by Crippen LogP contribution is 2.38. The van der Waals surface area contributed by atoms with Crippen LogP contribution in [0, 0.1) is 11.3 Å². The molecule has 0 radical (unpaired) electrons. The summed E-state index contributed by atoms with van der Waals surface area (Å²) >= 11 is 1.53. The van der Waals surface area contributed by atoms with Crippen molar-refractivity contribution in [3.05, 3.63) is 16.0 Å². The summed E-state index contributed by atoms with van der Waals surface area (Å²) in [4.78, 5) is 13.4. The van der Waals surface area contributed by atoms with Gasteiger partial charge in [-0.2, -0.15) is 5.26 Å². The second-order valence-electron chi connectivity index (χ2n) is 5.22. The molecule has 3 N–H and O–H groups in total. The molecule has 0 spiro atoms. The molecular weight excluding hydrogens is 274 g/mol. The number of nitrogens with one attached hydrogen (secondary N) is 1. The minimum Gasteiger partial charge on any atom is -0.364 e. The van der Waals surface area contributed by atoms with Crippen LogP contribution in [-0.4, -0.2) is 24.7 Å². The highest BCUT2D eigenvalue weighted by molar-refractivity contribution is 7.16. The number of ether oxygens (including phenoxy) is 1. The fourth-order valence-corrected chi connectivity index (χ4v) is 4.12. The first-order chi connectivity index (χ1) is 9.72. The Labute approximate surface area is 121 Å². The van der Waals surface area contributed by atoms with Crippen molar-refractivity contribution in [2.75, 3.05) is 11.9 Å². The molecule has 0 saturated carbocycles. The van der Waals surface area contributed by atoms with E-state index >= 15 is 0 Å². The zero-order valence-corrected chi connectivity index (χ0v) is 12.0. The van der Waals surface area contributed by atoms with Crippen molar-refractivity contribution in [3.63, 3.8) is 0 Å². The smallest absolute Gasteiger partial charge is 0.254 e. The largest absolute Gasteiger partial charge is 0.364 e. The first kappa shape index (κ1) is 13.6. The van der Waals surface area contributed by atoms with Crippen LogP contribution in [0.2, 0.25) is 0 Å². The van der Waals surface area contributed by atoms with E-state index in [4.69, 9.17) is 10.5 Å². The van der Waals surface area contributed by atoms with E-state index in [1.165, 1.54) is 16.2 Å². The fraction of sp³-hybridized carbons (Fsp3) is 0.571. The summed E-state index contributed by atoms with van der Waals surface area (Å²) in [5.74, 6) is -0.155. The Kier molecular flexibility index (Phi) is 3.74. The third-order valence-electron chi connectivity index (χ3n) is 3.93. The van der Waals surface area contributed by atoms with Gasteiger partial charge in [-0.3, -0.25) is 4.79 Å². The van der Waals surface area contributed by atoms with Gasteiger partial charge in [-0.1, -0.05) is 0 Å². The number of aryl methyl sites for hydroxylation is 1. The predicted octanol–water partition coefficient (Wildman–Crippen LogP) is 1.55. The van der Waals surface area contributed by atoms with Gasteiger partial charge in [-0.05, 0) is 37.7 Å². The molecule has 1 aromatic heterocycles. The number of carbonyl (C=O) groups excluding carboxylic acids is 1. The fourth-order valence-electron chi connectivity index (χ4n) is 2.87. The Morgan fingerprint density at radius 3 is 3.05 bits per heavy atom. The van der Waals surface area contributed by atoms with E-state index in [1.807, 2.05) is 0 Å². The number of rotatable bonds is 3. The summed E-state index contributed by atoms with van der Waals surface area (Å²) in [5.41, 5.74) is 7.31. The van der Waals surface area contributed by atoms with Gasteiger partial charge in [-0.15, -0.1) is 11.3 Å². The van der Waals surface area contributed by atoms with Crippen LogP contribution >= 0.6 is 11.3 Å². The number of nitrogens with zero attached hydrogens (tertiary/aromatic N) is 1. The van der Waals surface area contributed by atoms with Gasteiger partial charge in [-0.25, -0.2) is 0 Å². The molecule has 2 heterocycles. The monoisotopic (exact) mass is 291 g/mol. The molecule has 1 amide bonds. The molecule has 106 valence electrons. The van der Waals surface area contributed by atoms with Gasteiger partial charge in [0.1, 0.15) is 17.2 Å². The number of nitrogens with two attached hydrogens (primary N) is 1. The quantitative estimate of drug-likeness (QED) is 0.884. The highest BCUT2D eigenvalue weighted by Gasteiger charge is 2.31. The van der Waals surface area contributed by atoms with Crippen LogP contribution in [0.5, 0.6) is 0 Å². The van der Waals surface area contributed by atoms with Gasteiger partial charge >= 0.3 is 0 Å². The van der Waals surface area contributed by atoms with Crippen molar-refractivity contribution in [1.82, 2.24) is 0 Å². The van der Waals surface area contributed by atoms with Gasteiger partial charge < -0.3 is 15.8 Å². The molecular formula is C14H17N3O2S. The molecule has 5 nitrogen and oxygen atoms in total. The van der Waals surface area contributed by atoms with Gasteiger partial charge in [0.25, 0.3) is 5.91 Å². The maximum absolute atomic E-state index is 12.2. The summed E-state index contributed by atoms with van der Waals surface area (Å²) in [5, 5.41) is 12.8. The van der Waals surface area contributed by atoms with E-state index < -0.39 is 6.10 Å². The summed E-state index contributed by atoms with van der Waals surface area (Å²) in [6.07, 6.45) is 4.12. The third kappa shape index (κ3) is 2.33.